The Hall–Kier alpha value is -2.04. The van der Waals surface area contributed by atoms with E-state index in [1.807, 2.05) is 30.0 Å². The highest BCUT2D eigenvalue weighted by atomic mass is 16.2. The van der Waals surface area contributed by atoms with E-state index in [2.05, 4.69) is 23.6 Å². The molecule has 130 valence electrons. The Morgan fingerprint density at radius 3 is 2.42 bits per heavy atom. The summed E-state index contributed by atoms with van der Waals surface area (Å²) < 4.78 is 0. The fourth-order valence-corrected chi connectivity index (χ4v) is 3.41. The van der Waals surface area contributed by atoms with Gasteiger partial charge in [-0.15, -0.1) is 0 Å². The summed E-state index contributed by atoms with van der Waals surface area (Å²) in [6.07, 6.45) is 3.78. The Bertz CT molecular complexity index is 604. The van der Waals surface area contributed by atoms with Crippen molar-refractivity contribution < 1.29 is 9.59 Å². The average molecular weight is 329 g/mol. The van der Waals surface area contributed by atoms with Gasteiger partial charge in [-0.2, -0.15) is 0 Å². The van der Waals surface area contributed by atoms with Gasteiger partial charge < -0.3 is 15.5 Å². The molecule has 0 bridgehead atoms. The Morgan fingerprint density at radius 2 is 1.79 bits per heavy atom. The van der Waals surface area contributed by atoms with Gasteiger partial charge >= 0.3 is 6.03 Å². The Balaban J connectivity index is 1.44. The number of likely N-dealkylation sites (tertiary alicyclic amines) is 1. The van der Waals surface area contributed by atoms with Gasteiger partial charge in [0, 0.05) is 25.0 Å². The number of carbonyl (C=O) groups is 2. The SMILES string of the molecule is Cc1ccccc1[C@H](C)NC(=O)NC1CCN(C(=O)C2CC2)CC1. The Labute approximate surface area is 143 Å². The van der Waals surface area contributed by atoms with Crippen molar-refractivity contribution in [3.05, 3.63) is 35.4 Å². The van der Waals surface area contributed by atoms with E-state index in [4.69, 9.17) is 0 Å². The second-order valence-corrected chi connectivity index (χ2v) is 7.07. The smallest absolute Gasteiger partial charge is 0.315 e. The van der Waals surface area contributed by atoms with Crippen molar-refractivity contribution >= 4 is 11.9 Å². The number of rotatable bonds is 4. The molecule has 1 heterocycles. The van der Waals surface area contributed by atoms with Crippen LogP contribution in [0.4, 0.5) is 4.79 Å². The van der Waals surface area contributed by atoms with Crippen molar-refractivity contribution in [2.45, 2.75) is 51.6 Å². The van der Waals surface area contributed by atoms with Gasteiger partial charge in [-0.25, -0.2) is 4.79 Å². The number of nitrogens with zero attached hydrogens (tertiary/aromatic N) is 1. The van der Waals surface area contributed by atoms with E-state index in [9.17, 15) is 9.59 Å². The van der Waals surface area contributed by atoms with E-state index in [1.54, 1.807) is 0 Å². The predicted octanol–water partition coefficient (Wildman–Crippen LogP) is 2.76. The quantitative estimate of drug-likeness (QED) is 0.892. The molecule has 1 atom stereocenters. The minimum absolute atomic E-state index is 0.0252. The largest absolute Gasteiger partial charge is 0.342 e. The summed E-state index contributed by atoms with van der Waals surface area (Å²) in [6, 6.07) is 8.09. The zero-order chi connectivity index (χ0) is 17.1. The van der Waals surface area contributed by atoms with Crippen molar-refractivity contribution in [2.24, 2.45) is 5.92 Å². The first kappa shape index (κ1) is 16.8. The maximum absolute atomic E-state index is 12.2. The molecule has 0 aromatic heterocycles. The van der Waals surface area contributed by atoms with Crippen LogP contribution >= 0.6 is 0 Å². The topological polar surface area (TPSA) is 61.4 Å². The van der Waals surface area contributed by atoms with E-state index in [0.29, 0.717) is 5.91 Å². The van der Waals surface area contributed by atoms with Crippen LogP contribution in [0.1, 0.15) is 49.8 Å². The summed E-state index contributed by atoms with van der Waals surface area (Å²) in [4.78, 5) is 26.2. The second-order valence-electron chi connectivity index (χ2n) is 7.07. The van der Waals surface area contributed by atoms with Crippen molar-refractivity contribution in [2.75, 3.05) is 13.1 Å². The molecule has 1 aromatic carbocycles. The van der Waals surface area contributed by atoms with E-state index < -0.39 is 0 Å². The third-order valence-corrected chi connectivity index (χ3v) is 5.07. The molecule has 0 spiro atoms. The molecule has 1 saturated carbocycles. The van der Waals surface area contributed by atoms with Crippen LogP contribution in [0.2, 0.25) is 0 Å². The van der Waals surface area contributed by atoms with Gasteiger partial charge in [-0.05, 0) is 50.7 Å². The minimum atomic E-state index is -0.127. The van der Waals surface area contributed by atoms with E-state index in [0.717, 1.165) is 44.3 Å². The van der Waals surface area contributed by atoms with Gasteiger partial charge in [0.2, 0.25) is 5.91 Å². The molecular weight excluding hydrogens is 302 g/mol. The van der Waals surface area contributed by atoms with E-state index >= 15 is 0 Å². The Kier molecular flexibility index (Phi) is 5.07. The van der Waals surface area contributed by atoms with Crippen molar-refractivity contribution in [3.8, 4) is 0 Å². The summed E-state index contributed by atoms with van der Waals surface area (Å²) in [7, 11) is 0. The lowest BCUT2D eigenvalue weighted by Gasteiger charge is -2.32. The number of urea groups is 1. The molecule has 1 saturated heterocycles. The van der Waals surface area contributed by atoms with Crippen LogP contribution in [0.3, 0.4) is 0 Å². The molecule has 5 heteroatoms. The van der Waals surface area contributed by atoms with Gasteiger partial charge in [0.15, 0.2) is 0 Å². The van der Waals surface area contributed by atoms with E-state index in [-0.39, 0.29) is 24.0 Å². The zero-order valence-corrected chi connectivity index (χ0v) is 14.5. The highest BCUT2D eigenvalue weighted by Gasteiger charge is 2.35. The molecule has 24 heavy (non-hydrogen) atoms. The molecular formula is C19H27N3O2. The number of hydrogen-bond acceptors (Lipinski definition) is 2. The lowest BCUT2D eigenvalue weighted by Crippen LogP contribution is -2.49. The molecule has 2 N–H and O–H groups in total. The van der Waals surface area contributed by atoms with Gasteiger partial charge in [0.25, 0.3) is 0 Å². The third-order valence-electron chi connectivity index (χ3n) is 5.07. The van der Waals surface area contributed by atoms with Crippen molar-refractivity contribution in [3.63, 3.8) is 0 Å². The summed E-state index contributed by atoms with van der Waals surface area (Å²) in [5.74, 6) is 0.596. The number of benzene rings is 1. The van der Waals surface area contributed by atoms with Gasteiger partial charge in [0.1, 0.15) is 0 Å². The highest BCUT2D eigenvalue weighted by Crippen LogP contribution is 2.31. The van der Waals surface area contributed by atoms with Crippen molar-refractivity contribution in [1.29, 1.82) is 0 Å². The van der Waals surface area contributed by atoms with Crippen molar-refractivity contribution in [1.82, 2.24) is 15.5 Å². The minimum Gasteiger partial charge on any atom is -0.342 e. The maximum atomic E-state index is 12.2. The average Bonchev–Trinajstić information content (AvgIpc) is 3.40. The molecule has 3 rings (SSSR count). The summed E-state index contributed by atoms with van der Waals surface area (Å²) in [6.45, 7) is 5.57. The normalized spacial score (nSPS) is 19.7. The molecule has 5 nitrogen and oxygen atoms in total. The second kappa shape index (κ2) is 7.24. The van der Waals surface area contributed by atoms with E-state index in [1.165, 1.54) is 5.56 Å². The molecule has 2 fully saturated rings. The molecule has 2 aliphatic rings. The first-order valence-electron chi connectivity index (χ1n) is 8.96. The molecule has 0 unspecified atom stereocenters. The fourth-order valence-electron chi connectivity index (χ4n) is 3.41. The Morgan fingerprint density at radius 1 is 1.12 bits per heavy atom. The van der Waals surface area contributed by atoms with Gasteiger partial charge in [-0.1, -0.05) is 24.3 Å². The predicted molar refractivity (Wildman–Crippen MR) is 93.6 cm³/mol. The zero-order valence-electron chi connectivity index (χ0n) is 14.5. The van der Waals surface area contributed by atoms with Crippen LogP contribution in [0.15, 0.2) is 24.3 Å². The first-order valence-corrected chi connectivity index (χ1v) is 8.96. The lowest BCUT2D eigenvalue weighted by atomic mass is 10.0. The number of nitrogens with one attached hydrogen (secondary N) is 2. The molecule has 3 amide bonds. The third kappa shape index (κ3) is 4.08. The van der Waals surface area contributed by atoms with Crippen LogP contribution in [-0.2, 0) is 4.79 Å². The number of aryl methyl sites for hydroxylation is 1. The molecule has 0 radical (unpaired) electrons. The maximum Gasteiger partial charge on any atom is 0.315 e. The number of hydrogen-bond donors (Lipinski definition) is 2. The van der Waals surface area contributed by atoms with Crippen LogP contribution in [-0.4, -0.2) is 36.0 Å². The number of carbonyl (C=O) groups excluding carboxylic acids is 2. The lowest BCUT2D eigenvalue weighted by molar-refractivity contribution is -0.133. The summed E-state index contributed by atoms with van der Waals surface area (Å²) in [5.41, 5.74) is 2.31. The van der Waals surface area contributed by atoms with Gasteiger partial charge in [-0.3, -0.25) is 4.79 Å². The fraction of sp³-hybridized carbons (Fsp3) is 0.579. The molecule has 1 aliphatic carbocycles. The van der Waals surface area contributed by atoms with Gasteiger partial charge in [0.05, 0.1) is 6.04 Å². The highest BCUT2D eigenvalue weighted by molar-refractivity contribution is 5.81. The first-order chi connectivity index (χ1) is 11.5. The van der Waals surface area contributed by atoms with Crippen LogP contribution in [0.25, 0.3) is 0 Å². The number of piperidine rings is 1. The van der Waals surface area contributed by atoms with Crippen LogP contribution < -0.4 is 10.6 Å². The van der Waals surface area contributed by atoms with Crippen LogP contribution in [0, 0.1) is 12.8 Å². The summed E-state index contributed by atoms with van der Waals surface area (Å²) in [5, 5.41) is 6.07. The summed E-state index contributed by atoms with van der Waals surface area (Å²) >= 11 is 0. The monoisotopic (exact) mass is 329 g/mol. The number of amides is 3. The standard InChI is InChI=1S/C19H27N3O2/c1-13-5-3-4-6-17(13)14(2)20-19(24)21-16-9-11-22(12-10-16)18(23)15-7-8-15/h3-6,14-16H,7-12H2,1-2H3,(H2,20,21,24)/t14-/m0/s1. The molecule has 1 aliphatic heterocycles. The van der Waals surface area contributed by atoms with Crippen LogP contribution in [0.5, 0.6) is 0 Å². The molecule has 1 aromatic rings.